The van der Waals surface area contributed by atoms with Crippen molar-refractivity contribution in [2.75, 3.05) is 0 Å². The number of fused-ring (bicyclic) bond motifs is 2. The number of nitrogens with zero attached hydrogens (tertiary/aromatic N) is 2. The molecule has 0 unspecified atom stereocenters. The summed E-state index contributed by atoms with van der Waals surface area (Å²) < 4.78 is 65.4. The zero-order valence-electron chi connectivity index (χ0n) is 25.9. The molecule has 0 aliphatic carbocycles. The molecule has 1 heterocycles. The monoisotopic (exact) mass is 721 g/mol. The number of halogens is 6. The molecule has 0 aromatic heterocycles. The van der Waals surface area contributed by atoms with Crippen LogP contribution in [-0.4, -0.2) is 24.4 Å². The molecule has 4 aromatic rings. The summed E-state index contributed by atoms with van der Waals surface area (Å²) in [5, 5.41) is 23.7. The fraction of sp³-hybridized carbons (Fsp3) is 0.484. The van der Waals surface area contributed by atoms with Crippen molar-refractivity contribution in [2.24, 2.45) is 5.18 Å². The van der Waals surface area contributed by atoms with E-state index in [0.29, 0.717) is 23.1 Å². The molecule has 5 nitrogen and oxygen atoms in total. The van der Waals surface area contributed by atoms with Gasteiger partial charge in [-0.05, 0) is 74.2 Å². The third kappa shape index (κ3) is 6.29. The molecule has 236 valence electrons. The zero-order valence-corrected chi connectivity index (χ0v) is 28.4. The van der Waals surface area contributed by atoms with E-state index < -0.39 is 25.1 Å². The van der Waals surface area contributed by atoms with E-state index in [-0.39, 0.29) is 22.4 Å². The van der Waals surface area contributed by atoms with E-state index >= 15 is 0 Å². The van der Waals surface area contributed by atoms with Gasteiger partial charge in [-0.15, -0.1) is 4.54 Å². The van der Waals surface area contributed by atoms with Crippen molar-refractivity contribution in [3.63, 3.8) is 0 Å². The molecule has 5 rings (SSSR count). The Bertz CT molecular complexity index is 1790. The number of hydrogen-bond acceptors (Lipinski definition) is 3. The summed E-state index contributed by atoms with van der Waals surface area (Å²) >= 11 is -11.2. The molecule has 43 heavy (non-hydrogen) atoms. The van der Waals surface area contributed by atoms with Crippen molar-refractivity contribution in [1.29, 1.82) is 0 Å². The van der Waals surface area contributed by atoms with Crippen LogP contribution in [0.4, 0.5) is 28.3 Å². The first-order chi connectivity index (χ1) is 19.2. The Labute approximate surface area is 248 Å². The van der Waals surface area contributed by atoms with E-state index in [1.807, 2.05) is 13.8 Å². The first kappa shape index (κ1) is 33.2. The second-order valence-electron chi connectivity index (χ2n) is 13.2. The molecule has 0 saturated carbocycles. The van der Waals surface area contributed by atoms with E-state index in [4.69, 9.17) is 4.54 Å². The van der Waals surface area contributed by atoms with Crippen LogP contribution in [0.1, 0.15) is 121 Å². The van der Waals surface area contributed by atoms with E-state index in [1.54, 1.807) is 0 Å². The van der Waals surface area contributed by atoms with Crippen LogP contribution in [0.2, 0.25) is 0 Å². The standard InChI is InChI=1S/C31H37N2O3.6FH.Sb/c1-14(2)18-11-19(15(3)4)23-13-21(17(7)8)26-27-24(23)22(18)12-20(16(5)6)25(27)29-28(30(26)33(34)35)31(9,10)36-32-29;;;;;;;/h11-17H,1-10H3;6*1H;/q+1;;;;;;;+5/p-6/i33+1;;;;;;;. The van der Waals surface area contributed by atoms with Crippen LogP contribution in [0.25, 0.3) is 32.3 Å². The number of hydrogen-bond donors (Lipinski definition) is 0. The molecule has 0 spiro atoms. The van der Waals surface area contributed by atoms with Gasteiger partial charge in [-0.2, -0.15) is 0 Å². The number of nitroso groups, excluding NO2 is 1. The van der Waals surface area contributed by atoms with Gasteiger partial charge in [-0.3, -0.25) is 10.1 Å². The first-order valence-electron chi connectivity index (χ1n) is 14.2. The van der Waals surface area contributed by atoms with Gasteiger partial charge in [0, 0.05) is 24.6 Å². The Morgan fingerprint density at radius 2 is 1.09 bits per heavy atom. The van der Waals surface area contributed by atoms with Crippen LogP contribution in [0.5, 0.6) is 0 Å². The average molecular weight is 722 g/mol. The number of rotatable bonds is 5. The Morgan fingerprint density at radius 3 is 1.47 bits per heavy atom. The summed E-state index contributed by atoms with van der Waals surface area (Å²) in [7, 11) is 0. The third-order valence-corrected chi connectivity index (χ3v) is 7.98. The second-order valence-corrected chi connectivity index (χ2v) is 18.7. The van der Waals surface area contributed by atoms with Crippen LogP contribution >= 0.6 is 0 Å². The van der Waals surface area contributed by atoms with Gasteiger partial charge in [0.05, 0.1) is 10.3 Å². The molecule has 1 aliphatic rings. The number of nitro groups is 1. The van der Waals surface area contributed by atoms with E-state index in [0.717, 1.165) is 27.1 Å². The van der Waals surface area contributed by atoms with Crippen molar-refractivity contribution in [2.45, 2.75) is 98.5 Å². The minimum absolute atomic E-state index is 0.114. The zero-order chi connectivity index (χ0) is 32.8. The Kier molecular flexibility index (Phi) is 7.46. The first-order valence-corrected chi connectivity index (χ1v) is 20.0. The summed E-state index contributed by atoms with van der Waals surface area (Å²) in [4.78, 5) is 12.6. The summed E-state index contributed by atoms with van der Waals surface area (Å²) in [6, 6.07) is 6.94. The van der Waals surface area contributed by atoms with E-state index in [9.17, 15) is 27.0 Å². The summed E-state index contributed by atoms with van der Waals surface area (Å²) in [6.07, 6.45) is 0. The van der Waals surface area contributed by atoms with Gasteiger partial charge in [0.1, 0.15) is 0 Å². The van der Waals surface area contributed by atoms with Crippen molar-refractivity contribution in [3.8, 4) is 0 Å². The van der Waals surface area contributed by atoms with Gasteiger partial charge in [0.25, 0.3) is 5.69 Å². The van der Waals surface area contributed by atoms with Crippen LogP contribution < -0.4 is 0 Å². The normalized spacial score (nSPS) is 16.5. The molecule has 0 atom stereocenters. The predicted octanol–water partition coefficient (Wildman–Crippen LogP) is 12.3. The van der Waals surface area contributed by atoms with Crippen LogP contribution in [0.3, 0.4) is 0 Å². The van der Waals surface area contributed by atoms with Gasteiger partial charge >= 0.3 is 42.0 Å². The molecule has 12 heteroatoms. The van der Waals surface area contributed by atoms with Gasteiger partial charge < -0.3 is 0 Å². The van der Waals surface area contributed by atoms with Gasteiger partial charge in [-0.25, -0.2) is 0 Å². The Hall–Kier alpha value is -2.68. The molecule has 0 amide bonds. The quantitative estimate of drug-likeness (QED) is 0.0391. The predicted molar refractivity (Wildman–Crippen MR) is 164 cm³/mol. The van der Waals surface area contributed by atoms with Crippen LogP contribution in [0, 0.1) is 14.7 Å². The van der Waals surface area contributed by atoms with Crippen molar-refractivity contribution in [3.05, 3.63) is 60.7 Å². The Morgan fingerprint density at radius 1 is 0.698 bits per heavy atom. The van der Waals surface area contributed by atoms with Crippen molar-refractivity contribution < 1.29 is 21.8 Å². The average Bonchev–Trinajstić information content (AvgIpc) is 3.12. The molecule has 0 radical (unpaired) electrons. The van der Waals surface area contributed by atoms with E-state index in [2.05, 4.69) is 78.8 Å². The van der Waals surface area contributed by atoms with Crippen molar-refractivity contribution >= 4 is 63.2 Å². The summed E-state index contributed by atoms with van der Waals surface area (Å²) in [5.41, 5.74) is 5.28. The van der Waals surface area contributed by atoms with Crippen molar-refractivity contribution in [1.82, 2.24) is 0 Å². The fourth-order valence-electron chi connectivity index (χ4n) is 6.24. The summed E-state index contributed by atoms with van der Waals surface area (Å²) in [6.45, 7) is 21.3. The molecular weight excluding hydrogens is 685 g/mol. The minimum atomic E-state index is -11.2. The molecule has 0 saturated heterocycles. The fourth-order valence-corrected chi connectivity index (χ4v) is 6.24. The van der Waals surface area contributed by atoms with E-state index in [1.165, 1.54) is 27.5 Å². The molecule has 1 aliphatic heterocycles. The molecule has 4 aromatic carbocycles. The molecule has 0 fully saturated rings. The molecule has 0 bridgehead atoms. The van der Waals surface area contributed by atoms with Crippen LogP contribution in [0.15, 0.2) is 23.4 Å². The number of nitro benzene ring substituents is 1. The third-order valence-electron chi connectivity index (χ3n) is 7.98. The summed E-state index contributed by atoms with van der Waals surface area (Å²) in [5.74, 6) is 0.977. The maximum absolute atomic E-state index is 12.8. The van der Waals surface area contributed by atoms with Crippen LogP contribution in [-0.2, 0) is 5.60 Å². The van der Waals surface area contributed by atoms with Gasteiger partial charge in [-0.1, -0.05) is 61.5 Å². The maximum atomic E-state index is 12.8. The topological polar surface area (TPSA) is 66.8 Å². The molecular formula is C31H37F6N2O3Sb. The van der Waals surface area contributed by atoms with Gasteiger partial charge in [0.15, 0.2) is 16.4 Å². The SMILES string of the molecule is CC(C)c1cc(C(C)C)c2cc(C(C)C)c3c([15N+](=O)[O-])c4c(c5c(C(C)C)cc1c2c53)N=[O+]C4(C)C.[F][Sb-]([F])([F])([F])([F])[F]. The van der Waals surface area contributed by atoms with Gasteiger partial charge in [0.2, 0.25) is 0 Å². The second kappa shape index (κ2) is 9.66. The number of benzene rings is 4. The molecule has 0 N–H and O–H groups in total. The Balaban J connectivity index is 0.000000541.